The summed E-state index contributed by atoms with van der Waals surface area (Å²) in [6.07, 6.45) is 53.0. The number of rotatable bonds is 73. The maximum atomic E-state index is 13.1. The van der Waals surface area contributed by atoms with Gasteiger partial charge in [-0.1, -0.05) is 330 Å². The van der Waals surface area contributed by atoms with Gasteiger partial charge in [-0.2, -0.15) is 0 Å². The minimum absolute atomic E-state index is 0.103. The third kappa shape index (κ3) is 67.0. The van der Waals surface area contributed by atoms with Crippen LogP contribution in [0.3, 0.4) is 0 Å². The lowest BCUT2D eigenvalue weighted by Gasteiger charge is -2.21. The van der Waals surface area contributed by atoms with Crippen LogP contribution < -0.4 is 0 Å². The third-order valence-electron chi connectivity index (χ3n) is 17.6. The van der Waals surface area contributed by atoms with Crippen LogP contribution >= 0.6 is 15.6 Å². The molecule has 0 bridgehead atoms. The number of aliphatic hydroxyl groups excluding tert-OH is 1. The summed E-state index contributed by atoms with van der Waals surface area (Å²) in [5.74, 6) is -0.603. The summed E-state index contributed by atoms with van der Waals surface area (Å²) in [4.78, 5) is 72.5. The standard InChI is InChI=1S/C74H144O17P2/c1-7-10-12-14-16-17-18-19-20-21-22-25-28-31-34-38-45-51-57-72(77)85-63-69(90-73(78)58-52-46-39-35-32-29-26-23-24-27-30-33-37-42-48-54-66(4)5)64-88-92(80,81)86-60-68(75)61-87-93(82,83)89-65-70(62-84-71(76)56-50-44-36-15-13-11-8-2)91-74(79)59-53-47-41-40-43-49-55-67(6)9-3/h66-70,75H,7-65H2,1-6H3,(H,80,81)(H,82,83)/t67?,68-,69-,70-/m1/s1. The highest BCUT2D eigenvalue weighted by atomic mass is 31.2. The normalized spacial score (nSPS) is 14.3. The smallest absolute Gasteiger partial charge is 0.462 e. The predicted molar refractivity (Wildman–Crippen MR) is 377 cm³/mol. The van der Waals surface area contributed by atoms with E-state index in [-0.39, 0.29) is 25.7 Å². The van der Waals surface area contributed by atoms with Crippen molar-refractivity contribution in [1.82, 2.24) is 0 Å². The zero-order valence-electron chi connectivity index (χ0n) is 60.6. The highest BCUT2D eigenvalue weighted by Crippen LogP contribution is 2.45. The molecule has 0 saturated carbocycles. The summed E-state index contributed by atoms with van der Waals surface area (Å²) in [7, 11) is -9.90. The van der Waals surface area contributed by atoms with Gasteiger partial charge in [0.2, 0.25) is 0 Å². The molecular weight excluding hydrogens is 1220 g/mol. The third-order valence-corrected chi connectivity index (χ3v) is 19.5. The summed E-state index contributed by atoms with van der Waals surface area (Å²) >= 11 is 0. The van der Waals surface area contributed by atoms with Crippen molar-refractivity contribution < 1.29 is 80.2 Å². The van der Waals surface area contributed by atoms with Gasteiger partial charge in [0, 0.05) is 25.7 Å². The summed E-state index contributed by atoms with van der Waals surface area (Å²) in [5.41, 5.74) is 0. The van der Waals surface area contributed by atoms with E-state index in [2.05, 4.69) is 41.5 Å². The molecule has 6 atom stereocenters. The first-order valence-electron chi connectivity index (χ1n) is 38.5. The Morgan fingerprint density at radius 1 is 0.312 bits per heavy atom. The second-order valence-electron chi connectivity index (χ2n) is 27.4. The van der Waals surface area contributed by atoms with Crippen LogP contribution in [0.25, 0.3) is 0 Å². The number of carbonyl (C=O) groups excluding carboxylic acids is 4. The first kappa shape index (κ1) is 91.1. The van der Waals surface area contributed by atoms with Gasteiger partial charge >= 0.3 is 39.5 Å². The Morgan fingerprint density at radius 3 is 0.817 bits per heavy atom. The molecule has 3 N–H and O–H groups in total. The molecule has 0 saturated heterocycles. The molecule has 0 aliphatic heterocycles. The molecule has 0 heterocycles. The van der Waals surface area contributed by atoms with Crippen LogP contribution in [0.5, 0.6) is 0 Å². The van der Waals surface area contributed by atoms with E-state index in [0.717, 1.165) is 115 Å². The van der Waals surface area contributed by atoms with Crippen molar-refractivity contribution in [1.29, 1.82) is 0 Å². The first-order valence-corrected chi connectivity index (χ1v) is 41.5. The minimum Gasteiger partial charge on any atom is -0.462 e. The number of unbranched alkanes of at least 4 members (excludes halogenated alkanes) is 42. The largest absolute Gasteiger partial charge is 0.472 e. The predicted octanol–water partition coefficient (Wildman–Crippen LogP) is 21.6. The van der Waals surface area contributed by atoms with E-state index in [1.54, 1.807) is 0 Å². The molecular formula is C74H144O17P2. The van der Waals surface area contributed by atoms with Crippen LogP contribution in [0.15, 0.2) is 0 Å². The Labute approximate surface area is 568 Å². The highest BCUT2D eigenvalue weighted by molar-refractivity contribution is 7.47. The summed E-state index contributed by atoms with van der Waals surface area (Å²) in [5, 5.41) is 10.6. The minimum atomic E-state index is -4.95. The van der Waals surface area contributed by atoms with Crippen LogP contribution in [0.4, 0.5) is 0 Å². The number of phosphoric acid groups is 2. The molecule has 3 unspecified atom stereocenters. The lowest BCUT2D eigenvalue weighted by atomic mass is 10.00. The Hall–Kier alpha value is -1.94. The molecule has 0 aromatic carbocycles. The van der Waals surface area contributed by atoms with Crippen LogP contribution in [-0.4, -0.2) is 96.7 Å². The molecule has 93 heavy (non-hydrogen) atoms. The number of phosphoric ester groups is 2. The molecule has 0 fully saturated rings. The topological polar surface area (TPSA) is 237 Å². The molecule has 552 valence electrons. The molecule has 0 aliphatic rings. The molecule has 0 radical (unpaired) electrons. The number of aliphatic hydroxyl groups is 1. The van der Waals surface area contributed by atoms with Crippen molar-refractivity contribution >= 4 is 39.5 Å². The molecule has 0 aromatic rings. The molecule has 0 spiro atoms. The van der Waals surface area contributed by atoms with Gasteiger partial charge in [0.1, 0.15) is 19.3 Å². The number of hydrogen-bond donors (Lipinski definition) is 3. The van der Waals surface area contributed by atoms with Crippen molar-refractivity contribution in [2.24, 2.45) is 11.8 Å². The average Bonchev–Trinajstić information content (AvgIpc) is 2.26. The van der Waals surface area contributed by atoms with E-state index in [9.17, 15) is 43.2 Å². The van der Waals surface area contributed by atoms with Gasteiger partial charge in [0.25, 0.3) is 0 Å². The fourth-order valence-corrected chi connectivity index (χ4v) is 12.8. The van der Waals surface area contributed by atoms with Crippen LogP contribution in [0.2, 0.25) is 0 Å². The van der Waals surface area contributed by atoms with Crippen LogP contribution in [-0.2, 0) is 65.4 Å². The molecule has 0 amide bonds. The quantitative estimate of drug-likeness (QED) is 0.0222. The number of ether oxygens (including phenoxy) is 4. The van der Waals surface area contributed by atoms with Gasteiger partial charge in [0.05, 0.1) is 26.4 Å². The SMILES string of the molecule is CCCCCCCCCCCCCCCCCCCCC(=O)OC[C@H](COP(=O)(O)OC[C@@H](O)COP(=O)(O)OC[C@@H](COC(=O)CCCCCCCCC)OC(=O)CCCCCCCCC(C)CC)OC(=O)CCCCCCCCCCCCCCCCCC(C)C. The summed E-state index contributed by atoms with van der Waals surface area (Å²) in [6, 6.07) is 0. The fraction of sp³-hybridized carbons (Fsp3) is 0.946. The van der Waals surface area contributed by atoms with E-state index in [1.165, 1.54) is 186 Å². The number of hydrogen-bond acceptors (Lipinski definition) is 15. The average molecular weight is 1370 g/mol. The van der Waals surface area contributed by atoms with E-state index in [4.69, 9.17) is 37.0 Å². The van der Waals surface area contributed by atoms with Crippen LogP contribution in [0, 0.1) is 11.8 Å². The zero-order valence-corrected chi connectivity index (χ0v) is 62.3. The van der Waals surface area contributed by atoms with Crippen molar-refractivity contribution in [2.75, 3.05) is 39.6 Å². The molecule has 19 heteroatoms. The second-order valence-corrected chi connectivity index (χ2v) is 30.3. The fourth-order valence-electron chi connectivity index (χ4n) is 11.3. The Balaban J connectivity index is 5.18. The van der Waals surface area contributed by atoms with Crippen molar-refractivity contribution in [2.45, 2.75) is 400 Å². The lowest BCUT2D eigenvalue weighted by Crippen LogP contribution is -2.30. The maximum Gasteiger partial charge on any atom is 0.472 e. The van der Waals surface area contributed by atoms with Crippen molar-refractivity contribution in [3.05, 3.63) is 0 Å². The van der Waals surface area contributed by atoms with Gasteiger partial charge < -0.3 is 33.8 Å². The molecule has 0 rings (SSSR count). The zero-order chi connectivity index (χ0) is 68.6. The molecule has 17 nitrogen and oxygen atoms in total. The van der Waals surface area contributed by atoms with Gasteiger partial charge in [-0.05, 0) is 37.5 Å². The Kier molecular flexibility index (Phi) is 64.6. The summed E-state index contributed by atoms with van der Waals surface area (Å²) in [6.45, 7) is 9.51. The van der Waals surface area contributed by atoms with Crippen molar-refractivity contribution in [3.8, 4) is 0 Å². The monoisotopic (exact) mass is 1370 g/mol. The second kappa shape index (κ2) is 66.0. The highest BCUT2D eigenvalue weighted by Gasteiger charge is 2.30. The van der Waals surface area contributed by atoms with E-state index in [0.29, 0.717) is 25.7 Å². The van der Waals surface area contributed by atoms with Crippen LogP contribution in [0.1, 0.15) is 382 Å². The first-order chi connectivity index (χ1) is 44.9. The van der Waals surface area contributed by atoms with E-state index in [1.807, 2.05) is 0 Å². The van der Waals surface area contributed by atoms with E-state index >= 15 is 0 Å². The maximum absolute atomic E-state index is 13.1. The Bertz CT molecular complexity index is 1810. The summed E-state index contributed by atoms with van der Waals surface area (Å²) < 4.78 is 68.3. The number of carbonyl (C=O) groups is 4. The van der Waals surface area contributed by atoms with E-state index < -0.39 is 97.5 Å². The van der Waals surface area contributed by atoms with Crippen molar-refractivity contribution in [3.63, 3.8) is 0 Å². The van der Waals surface area contributed by atoms with Gasteiger partial charge in [-0.3, -0.25) is 37.3 Å². The molecule has 0 aromatic heterocycles. The van der Waals surface area contributed by atoms with Gasteiger partial charge in [-0.15, -0.1) is 0 Å². The molecule has 0 aliphatic carbocycles. The van der Waals surface area contributed by atoms with Gasteiger partial charge in [-0.25, -0.2) is 9.13 Å². The number of esters is 4. The van der Waals surface area contributed by atoms with Gasteiger partial charge in [0.15, 0.2) is 12.2 Å². The Morgan fingerprint density at radius 2 is 0.548 bits per heavy atom. The lowest BCUT2D eigenvalue weighted by molar-refractivity contribution is -0.161.